The third-order valence-electron chi connectivity index (χ3n) is 0.536. The molecule has 0 N–H and O–H groups in total. The molecule has 0 aromatic carbocycles. The number of carboxylic acid groups (broad SMARTS) is 1. The molecule has 0 spiro atoms. The summed E-state index contributed by atoms with van der Waals surface area (Å²) >= 11 is 0. The molecule has 0 aliphatic rings. The fraction of sp³-hybridized carbons (Fsp3) is 0.167. The average Bonchev–Trinajstić information content (AvgIpc) is 1.66. The van der Waals surface area contributed by atoms with E-state index in [1.54, 1.807) is 19.1 Å². The molecule has 2 nitrogen and oxygen atoms in total. The lowest BCUT2D eigenvalue weighted by Gasteiger charge is -1.84. The molecule has 0 bridgehead atoms. The molecule has 0 aliphatic heterocycles. The molecule has 0 aromatic rings. The molecular formula is C6H10O2P-. The van der Waals surface area contributed by atoms with Crippen molar-refractivity contribution in [3.63, 3.8) is 0 Å². The molecule has 0 aliphatic carbocycles. The summed E-state index contributed by atoms with van der Waals surface area (Å²) in [5, 5.41) is 9.64. The van der Waals surface area contributed by atoms with Crippen molar-refractivity contribution in [2.75, 3.05) is 0 Å². The molecular weight excluding hydrogens is 135 g/mol. The van der Waals surface area contributed by atoms with Gasteiger partial charge in [-0.1, -0.05) is 18.2 Å². The third-order valence-corrected chi connectivity index (χ3v) is 0.536. The largest absolute Gasteiger partial charge is 0.545 e. The van der Waals surface area contributed by atoms with Gasteiger partial charge in [-0.15, -0.1) is 0 Å². The summed E-state index contributed by atoms with van der Waals surface area (Å²) in [4.78, 5) is 9.64. The Morgan fingerprint density at radius 2 is 2.00 bits per heavy atom. The van der Waals surface area contributed by atoms with Crippen molar-refractivity contribution in [1.82, 2.24) is 0 Å². The lowest BCUT2D eigenvalue weighted by molar-refractivity contribution is -0.297. The van der Waals surface area contributed by atoms with Gasteiger partial charge in [-0.3, -0.25) is 0 Å². The van der Waals surface area contributed by atoms with Gasteiger partial charge >= 0.3 is 0 Å². The topological polar surface area (TPSA) is 40.1 Å². The molecule has 1 atom stereocenters. The minimum atomic E-state index is -1.16. The SMILES string of the molecule is C/C=C/C=C/C(=O)[O-].P. The van der Waals surface area contributed by atoms with E-state index >= 15 is 0 Å². The van der Waals surface area contributed by atoms with E-state index in [-0.39, 0.29) is 9.90 Å². The number of hydrogen-bond donors (Lipinski definition) is 0. The number of allylic oxidation sites excluding steroid dienone is 3. The van der Waals surface area contributed by atoms with E-state index in [1.165, 1.54) is 6.08 Å². The summed E-state index contributed by atoms with van der Waals surface area (Å²) in [6.45, 7) is 1.81. The van der Waals surface area contributed by atoms with Crippen molar-refractivity contribution in [2.45, 2.75) is 6.92 Å². The van der Waals surface area contributed by atoms with Gasteiger partial charge in [0.2, 0.25) is 0 Å². The summed E-state index contributed by atoms with van der Waals surface area (Å²) in [5.74, 6) is -1.16. The minimum Gasteiger partial charge on any atom is -0.545 e. The van der Waals surface area contributed by atoms with Gasteiger partial charge in [0, 0.05) is 0 Å². The first kappa shape index (κ1) is 11.2. The van der Waals surface area contributed by atoms with Crippen LogP contribution in [0.5, 0.6) is 0 Å². The fourth-order valence-corrected chi connectivity index (χ4v) is 0.245. The molecule has 0 saturated carbocycles. The Hall–Kier alpha value is -0.620. The number of carbonyl (C=O) groups is 1. The summed E-state index contributed by atoms with van der Waals surface area (Å²) in [7, 11) is 0. The van der Waals surface area contributed by atoms with Crippen LogP contribution in [0.25, 0.3) is 0 Å². The zero-order valence-electron chi connectivity index (χ0n) is 5.33. The Bertz CT molecular complexity index is 127. The Morgan fingerprint density at radius 1 is 1.44 bits per heavy atom. The van der Waals surface area contributed by atoms with Crippen LogP contribution in [0.2, 0.25) is 0 Å². The van der Waals surface area contributed by atoms with Crippen LogP contribution in [-0.2, 0) is 4.79 Å². The summed E-state index contributed by atoms with van der Waals surface area (Å²) in [6, 6.07) is 0. The third kappa shape index (κ3) is 11.1. The zero-order chi connectivity index (χ0) is 6.41. The van der Waals surface area contributed by atoms with Crippen LogP contribution in [0.4, 0.5) is 0 Å². The highest BCUT2D eigenvalue weighted by molar-refractivity contribution is 6.92. The fourth-order valence-electron chi connectivity index (χ4n) is 0.245. The van der Waals surface area contributed by atoms with Gasteiger partial charge in [0.05, 0.1) is 5.97 Å². The van der Waals surface area contributed by atoms with Gasteiger partial charge in [0.25, 0.3) is 0 Å². The van der Waals surface area contributed by atoms with Crippen molar-refractivity contribution in [3.8, 4) is 0 Å². The maximum absolute atomic E-state index is 9.64. The molecule has 1 unspecified atom stereocenters. The first-order valence-electron chi connectivity index (χ1n) is 2.27. The highest BCUT2D eigenvalue weighted by Gasteiger charge is 1.64. The summed E-state index contributed by atoms with van der Waals surface area (Å²) in [5.41, 5.74) is 0. The van der Waals surface area contributed by atoms with Crippen molar-refractivity contribution < 1.29 is 9.90 Å². The molecule has 0 amide bonds. The molecule has 3 heteroatoms. The first-order chi connectivity index (χ1) is 3.77. The lowest BCUT2D eigenvalue weighted by Crippen LogP contribution is -2.18. The Morgan fingerprint density at radius 3 is 2.33 bits per heavy atom. The van der Waals surface area contributed by atoms with Gasteiger partial charge in [-0.05, 0) is 13.0 Å². The maximum Gasteiger partial charge on any atom is 0.0642 e. The standard InChI is InChI=1S/C6H8O2.H3P/c1-2-3-4-5-6(7)8;/h2-5H,1H3,(H,7,8);1H3/p-1/b3-2+,5-4+;. The van der Waals surface area contributed by atoms with E-state index in [0.29, 0.717) is 0 Å². The second-order valence-electron chi connectivity index (χ2n) is 1.20. The molecule has 0 radical (unpaired) electrons. The Kier molecular flexibility index (Phi) is 9.19. The van der Waals surface area contributed by atoms with Crippen LogP contribution < -0.4 is 5.11 Å². The maximum atomic E-state index is 9.64. The second kappa shape index (κ2) is 7.38. The van der Waals surface area contributed by atoms with Crippen molar-refractivity contribution in [2.24, 2.45) is 0 Å². The number of aliphatic carboxylic acids is 1. The van der Waals surface area contributed by atoms with Crippen molar-refractivity contribution in [1.29, 1.82) is 0 Å². The smallest absolute Gasteiger partial charge is 0.0642 e. The highest BCUT2D eigenvalue weighted by Crippen LogP contribution is 1.72. The number of rotatable bonds is 2. The number of carboxylic acids is 1. The number of carbonyl (C=O) groups excluding carboxylic acids is 1. The first-order valence-corrected chi connectivity index (χ1v) is 2.27. The van der Waals surface area contributed by atoms with E-state index in [9.17, 15) is 9.90 Å². The lowest BCUT2D eigenvalue weighted by atomic mass is 10.4. The number of hydrogen-bond acceptors (Lipinski definition) is 2. The van der Waals surface area contributed by atoms with Gasteiger partial charge in [0.1, 0.15) is 0 Å². The predicted molar refractivity (Wildman–Crippen MR) is 40.1 cm³/mol. The summed E-state index contributed by atoms with van der Waals surface area (Å²) in [6.07, 6.45) is 5.74. The van der Waals surface area contributed by atoms with Crippen LogP contribution in [-0.4, -0.2) is 5.97 Å². The van der Waals surface area contributed by atoms with Gasteiger partial charge < -0.3 is 9.90 Å². The van der Waals surface area contributed by atoms with E-state index < -0.39 is 5.97 Å². The van der Waals surface area contributed by atoms with Crippen LogP contribution in [0.1, 0.15) is 6.92 Å². The summed E-state index contributed by atoms with van der Waals surface area (Å²) < 4.78 is 0. The molecule has 0 fully saturated rings. The van der Waals surface area contributed by atoms with Crippen LogP contribution in [0.3, 0.4) is 0 Å². The average molecular weight is 145 g/mol. The van der Waals surface area contributed by atoms with E-state index in [0.717, 1.165) is 6.08 Å². The molecule has 52 valence electrons. The molecule has 9 heavy (non-hydrogen) atoms. The molecule has 0 rings (SSSR count). The van der Waals surface area contributed by atoms with Crippen molar-refractivity contribution >= 4 is 15.9 Å². The Labute approximate surface area is 57.9 Å². The second-order valence-corrected chi connectivity index (χ2v) is 1.20. The molecule has 0 aromatic heterocycles. The molecule has 0 heterocycles. The van der Waals surface area contributed by atoms with E-state index in [4.69, 9.17) is 0 Å². The predicted octanol–water partition coefficient (Wildman–Crippen LogP) is -0.0733. The van der Waals surface area contributed by atoms with Gasteiger partial charge in [-0.25, -0.2) is 0 Å². The van der Waals surface area contributed by atoms with E-state index in [1.807, 2.05) is 0 Å². The van der Waals surface area contributed by atoms with Gasteiger partial charge in [0.15, 0.2) is 0 Å². The van der Waals surface area contributed by atoms with E-state index in [2.05, 4.69) is 0 Å². The Balaban J connectivity index is 0. The quantitative estimate of drug-likeness (QED) is 0.310. The van der Waals surface area contributed by atoms with Crippen LogP contribution >= 0.6 is 9.90 Å². The minimum absolute atomic E-state index is 0. The van der Waals surface area contributed by atoms with Crippen LogP contribution in [0.15, 0.2) is 24.3 Å². The zero-order valence-corrected chi connectivity index (χ0v) is 6.75. The van der Waals surface area contributed by atoms with Crippen LogP contribution in [0, 0.1) is 0 Å². The monoisotopic (exact) mass is 145 g/mol. The normalized spacial score (nSPS) is 9.89. The molecule has 0 saturated heterocycles. The van der Waals surface area contributed by atoms with Gasteiger partial charge in [-0.2, -0.15) is 9.90 Å². The highest BCUT2D eigenvalue weighted by atomic mass is 31.0. The van der Waals surface area contributed by atoms with Crippen molar-refractivity contribution in [3.05, 3.63) is 24.3 Å².